The summed E-state index contributed by atoms with van der Waals surface area (Å²) in [4.78, 5) is 6.84. The van der Waals surface area contributed by atoms with Crippen LogP contribution in [0.3, 0.4) is 0 Å². The van der Waals surface area contributed by atoms with Gasteiger partial charge in [-0.05, 0) is 48.0 Å². The zero-order valence-corrected chi connectivity index (χ0v) is 18.7. The second-order valence-corrected chi connectivity index (χ2v) is 9.51. The molecular formula is C24H17F4N3O2S. The van der Waals surface area contributed by atoms with Crippen LogP contribution in [-0.2, 0) is 16.2 Å². The smallest absolute Gasteiger partial charge is 0.339 e. The Morgan fingerprint density at radius 1 is 1.03 bits per heavy atom. The van der Waals surface area contributed by atoms with E-state index in [0.29, 0.717) is 17.5 Å². The largest absolute Gasteiger partial charge is 0.419 e. The Morgan fingerprint density at radius 2 is 1.71 bits per heavy atom. The molecule has 2 heterocycles. The lowest BCUT2D eigenvalue weighted by Crippen LogP contribution is -2.25. The molecule has 0 aliphatic heterocycles. The minimum absolute atomic E-state index is 0.135. The molecule has 34 heavy (non-hydrogen) atoms. The van der Waals surface area contributed by atoms with Crippen molar-refractivity contribution in [3.05, 3.63) is 83.3 Å². The summed E-state index contributed by atoms with van der Waals surface area (Å²) in [6.45, 7) is 0. The summed E-state index contributed by atoms with van der Waals surface area (Å²) in [5.41, 5.74) is 0.331. The van der Waals surface area contributed by atoms with E-state index in [1.165, 1.54) is 49.5 Å². The molecule has 0 aliphatic rings. The maximum Gasteiger partial charge on any atom is 0.419 e. The highest BCUT2D eigenvalue weighted by atomic mass is 32.2. The van der Waals surface area contributed by atoms with E-state index in [1.807, 2.05) is 0 Å². The predicted octanol–water partition coefficient (Wildman–Crippen LogP) is 5.18. The molecule has 5 nitrogen and oxygen atoms in total. The zero-order valence-electron chi connectivity index (χ0n) is 17.9. The van der Waals surface area contributed by atoms with Crippen molar-refractivity contribution < 1.29 is 26.0 Å². The fraction of sp³-hybridized carbons (Fsp3) is 0.125. The van der Waals surface area contributed by atoms with Crippen LogP contribution in [0.2, 0.25) is 0 Å². The number of nitrogens with zero attached hydrogens (tertiary/aromatic N) is 2. The molecule has 2 aromatic carbocycles. The van der Waals surface area contributed by atoms with Crippen molar-refractivity contribution in [1.29, 1.82) is 0 Å². The molecule has 0 spiro atoms. The summed E-state index contributed by atoms with van der Waals surface area (Å²) in [7, 11) is -2.28. The Hall–Kier alpha value is -3.84. The van der Waals surface area contributed by atoms with Gasteiger partial charge in [0.2, 0.25) is 10.0 Å². The van der Waals surface area contributed by atoms with Gasteiger partial charge in [0.25, 0.3) is 0 Å². The zero-order chi connectivity index (χ0) is 24.7. The lowest BCUT2D eigenvalue weighted by molar-refractivity contribution is -0.137. The third-order valence-corrected chi connectivity index (χ3v) is 6.37. The van der Waals surface area contributed by atoms with Crippen LogP contribution in [0.15, 0.2) is 60.8 Å². The predicted molar refractivity (Wildman–Crippen MR) is 122 cm³/mol. The lowest BCUT2D eigenvalue weighted by atomic mass is 10.0. The first kappa shape index (κ1) is 23.3. The molecule has 0 radical (unpaired) electrons. The second-order valence-electron chi connectivity index (χ2n) is 7.49. The number of rotatable bonds is 3. The standard InChI is InChI=1S/C24H17F4N3O2S/c1-31(34(2,32)33)22-6-4-3-5-16(22)9-12-18-19-13-21(15-7-10-17(25)11-8-15)30-23(19)29-14-20(18)24(26,27)28/h3-8,10-11,13-14H,1-2H3,(H,29,30). The van der Waals surface area contributed by atoms with Crippen LogP contribution in [0.1, 0.15) is 16.7 Å². The Balaban J connectivity index is 1.91. The molecule has 174 valence electrons. The van der Waals surface area contributed by atoms with Crippen molar-refractivity contribution in [1.82, 2.24) is 9.97 Å². The maximum absolute atomic E-state index is 13.8. The van der Waals surface area contributed by atoms with Gasteiger partial charge in [-0.3, -0.25) is 4.31 Å². The van der Waals surface area contributed by atoms with Crippen LogP contribution in [-0.4, -0.2) is 31.7 Å². The van der Waals surface area contributed by atoms with Crippen molar-refractivity contribution in [2.75, 3.05) is 17.6 Å². The molecular weight excluding hydrogens is 470 g/mol. The van der Waals surface area contributed by atoms with Crippen LogP contribution < -0.4 is 4.31 Å². The molecule has 0 saturated carbocycles. The molecule has 0 saturated heterocycles. The van der Waals surface area contributed by atoms with Gasteiger partial charge in [0.1, 0.15) is 11.5 Å². The van der Waals surface area contributed by atoms with Crippen LogP contribution in [0.5, 0.6) is 0 Å². The first-order chi connectivity index (χ1) is 15.9. The highest BCUT2D eigenvalue weighted by Crippen LogP contribution is 2.36. The number of aromatic nitrogens is 2. The molecule has 10 heteroatoms. The van der Waals surface area contributed by atoms with Gasteiger partial charge in [-0.2, -0.15) is 13.2 Å². The number of nitrogens with one attached hydrogen (secondary N) is 1. The summed E-state index contributed by atoms with van der Waals surface area (Å²) in [5, 5.41) is 0.135. The molecule has 0 unspecified atom stereocenters. The molecule has 0 atom stereocenters. The van der Waals surface area contributed by atoms with Crippen molar-refractivity contribution in [3.8, 4) is 23.1 Å². The lowest BCUT2D eigenvalue weighted by Gasteiger charge is -2.18. The van der Waals surface area contributed by atoms with E-state index in [2.05, 4.69) is 21.8 Å². The Kier molecular flexibility index (Phi) is 5.83. The Morgan fingerprint density at radius 3 is 2.35 bits per heavy atom. The molecule has 2 aromatic heterocycles. The topological polar surface area (TPSA) is 66.1 Å². The third-order valence-electron chi connectivity index (χ3n) is 5.18. The van der Waals surface area contributed by atoms with E-state index in [9.17, 15) is 26.0 Å². The van der Waals surface area contributed by atoms with Gasteiger partial charge in [0.05, 0.1) is 17.5 Å². The third kappa shape index (κ3) is 4.61. The van der Waals surface area contributed by atoms with Gasteiger partial charge in [-0.15, -0.1) is 0 Å². The summed E-state index contributed by atoms with van der Waals surface area (Å²) >= 11 is 0. The van der Waals surface area contributed by atoms with Gasteiger partial charge in [-0.1, -0.05) is 24.0 Å². The number of aromatic amines is 1. The molecule has 4 aromatic rings. The second kappa shape index (κ2) is 8.50. The number of alkyl halides is 3. The van der Waals surface area contributed by atoms with Gasteiger partial charge < -0.3 is 4.98 Å². The Labute approximate surface area is 193 Å². The maximum atomic E-state index is 13.8. The number of hydrogen-bond donors (Lipinski definition) is 1. The number of halogens is 4. The van der Waals surface area contributed by atoms with E-state index in [4.69, 9.17) is 0 Å². The summed E-state index contributed by atoms with van der Waals surface area (Å²) < 4.78 is 79.6. The summed E-state index contributed by atoms with van der Waals surface area (Å²) in [5.74, 6) is 4.84. The van der Waals surface area contributed by atoms with Crippen LogP contribution in [0.4, 0.5) is 23.2 Å². The average Bonchev–Trinajstić information content (AvgIpc) is 3.21. The summed E-state index contributed by atoms with van der Waals surface area (Å²) in [6, 6.07) is 13.2. The molecule has 4 rings (SSSR count). The molecule has 0 fully saturated rings. The first-order valence-corrected chi connectivity index (χ1v) is 11.7. The number of benzene rings is 2. The average molecular weight is 487 g/mol. The molecule has 1 N–H and O–H groups in total. The fourth-order valence-electron chi connectivity index (χ4n) is 3.37. The minimum atomic E-state index is -4.72. The van der Waals surface area contributed by atoms with Crippen molar-refractivity contribution >= 4 is 26.7 Å². The van der Waals surface area contributed by atoms with Gasteiger partial charge in [-0.25, -0.2) is 17.8 Å². The normalized spacial score (nSPS) is 11.8. The van der Waals surface area contributed by atoms with Crippen molar-refractivity contribution in [3.63, 3.8) is 0 Å². The quantitative estimate of drug-likeness (QED) is 0.320. The van der Waals surface area contributed by atoms with Crippen molar-refractivity contribution in [2.45, 2.75) is 6.18 Å². The number of fused-ring (bicyclic) bond motifs is 1. The SMILES string of the molecule is CN(c1ccccc1C#Cc1c(C(F)(F)F)cnc2[nH]c(-c3ccc(F)cc3)cc12)S(C)(=O)=O. The van der Waals surface area contributed by atoms with Gasteiger partial charge in [0, 0.05) is 35.5 Å². The van der Waals surface area contributed by atoms with Gasteiger partial charge >= 0.3 is 6.18 Å². The Bertz CT molecular complexity index is 1550. The molecule has 0 aliphatic carbocycles. The number of pyridine rings is 1. The van der Waals surface area contributed by atoms with Crippen LogP contribution in [0.25, 0.3) is 22.3 Å². The van der Waals surface area contributed by atoms with E-state index in [1.54, 1.807) is 12.1 Å². The first-order valence-electron chi connectivity index (χ1n) is 9.85. The fourth-order valence-corrected chi connectivity index (χ4v) is 3.89. The summed E-state index contributed by atoms with van der Waals surface area (Å²) in [6.07, 6.45) is -3.00. The monoisotopic (exact) mass is 487 g/mol. The van der Waals surface area contributed by atoms with E-state index in [-0.39, 0.29) is 27.8 Å². The number of hydrogen-bond acceptors (Lipinski definition) is 3. The van der Waals surface area contributed by atoms with Crippen LogP contribution >= 0.6 is 0 Å². The number of anilines is 1. The minimum Gasteiger partial charge on any atom is -0.339 e. The number of H-pyrrole nitrogens is 1. The van der Waals surface area contributed by atoms with Gasteiger partial charge in [0.15, 0.2) is 0 Å². The van der Waals surface area contributed by atoms with E-state index in [0.717, 1.165) is 10.6 Å². The molecule has 0 bridgehead atoms. The molecule has 0 amide bonds. The number of sulfonamides is 1. The van der Waals surface area contributed by atoms with Crippen molar-refractivity contribution in [2.24, 2.45) is 0 Å². The van der Waals surface area contributed by atoms with E-state index < -0.39 is 27.6 Å². The highest BCUT2D eigenvalue weighted by Gasteiger charge is 2.35. The van der Waals surface area contributed by atoms with Crippen LogP contribution in [0, 0.1) is 17.7 Å². The number of para-hydroxylation sites is 1. The highest BCUT2D eigenvalue weighted by molar-refractivity contribution is 7.92. The van der Waals surface area contributed by atoms with E-state index >= 15 is 0 Å².